The Bertz CT molecular complexity index is 592. The summed E-state index contributed by atoms with van der Waals surface area (Å²) in [6, 6.07) is 4.45. The molecule has 20 heavy (non-hydrogen) atoms. The van der Waals surface area contributed by atoms with Gasteiger partial charge in [-0.15, -0.1) is 0 Å². The maximum Gasteiger partial charge on any atom is 0.227 e. The number of halogens is 1. The van der Waals surface area contributed by atoms with E-state index in [9.17, 15) is 9.18 Å². The predicted molar refractivity (Wildman–Crippen MR) is 75.3 cm³/mol. The summed E-state index contributed by atoms with van der Waals surface area (Å²) in [6.45, 7) is 0.181. The van der Waals surface area contributed by atoms with Gasteiger partial charge < -0.3 is 11.1 Å². The first kappa shape index (κ1) is 13.1. The molecule has 2 saturated carbocycles. The Balaban J connectivity index is 1.69. The number of benzene rings is 1. The fourth-order valence-corrected chi connectivity index (χ4v) is 3.02. The first-order chi connectivity index (χ1) is 9.67. The van der Waals surface area contributed by atoms with Gasteiger partial charge in [-0.25, -0.2) is 4.39 Å². The summed E-state index contributed by atoms with van der Waals surface area (Å²) in [5.41, 5.74) is 6.14. The molecule has 2 aliphatic rings. The molecule has 1 aromatic carbocycles. The largest absolute Gasteiger partial charge is 0.326 e. The Hall–Kier alpha value is -1.86. The number of hydrogen-bond acceptors (Lipinski definition) is 2. The SMILES string of the molecule is NCC#Cc1cc(NC(=O)C2CC3CC3C2)ccc1F. The number of rotatable bonds is 2. The Morgan fingerprint density at radius 1 is 1.35 bits per heavy atom. The zero-order valence-electron chi connectivity index (χ0n) is 11.2. The molecule has 2 atom stereocenters. The first-order valence-electron chi connectivity index (χ1n) is 6.96. The van der Waals surface area contributed by atoms with Gasteiger partial charge in [0.1, 0.15) is 5.82 Å². The van der Waals surface area contributed by atoms with Crippen LogP contribution in [0.4, 0.5) is 10.1 Å². The van der Waals surface area contributed by atoms with Crippen molar-refractivity contribution in [3.8, 4) is 11.8 Å². The van der Waals surface area contributed by atoms with Gasteiger partial charge in [0.05, 0.1) is 12.1 Å². The van der Waals surface area contributed by atoms with Gasteiger partial charge in [-0.05, 0) is 49.3 Å². The van der Waals surface area contributed by atoms with Crippen molar-refractivity contribution in [3.63, 3.8) is 0 Å². The van der Waals surface area contributed by atoms with Crippen LogP contribution in [0.2, 0.25) is 0 Å². The molecule has 3 N–H and O–H groups in total. The second-order valence-electron chi connectivity index (χ2n) is 5.61. The van der Waals surface area contributed by atoms with Crippen LogP contribution in [-0.2, 0) is 4.79 Å². The highest BCUT2D eigenvalue weighted by atomic mass is 19.1. The van der Waals surface area contributed by atoms with E-state index in [4.69, 9.17) is 5.73 Å². The molecule has 0 aliphatic heterocycles. The van der Waals surface area contributed by atoms with Crippen LogP contribution in [0.25, 0.3) is 0 Å². The molecule has 2 aliphatic carbocycles. The molecule has 0 spiro atoms. The molecule has 0 bridgehead atoms. The number of nitrogens with one attached hydrogen (secondary N) is 1. The zero-order chi connectivity index (χ0) is 14.1. The van der Waals surface area contributed by atoms with Gasteiger partial charge >= 0.3 is 0 Å². The minimum atomic E-state index is -0.397. The van der Waals surface area contributed by atoms with E-state index in [1.54, 1.807) is 12.1 Å². The maximum atomic E-state index is 13.5. The predicted octanol–water partition coefficient (Wildman–Crippen LogP) is 2.12. The molecule has 0 heterocycles. The molecule has 1 aromatic rings. The van der Waals surface area contributed by atoms with E-state index in [0.29, 0.717) is 5.69 Å². The summed E-state index contributed by atoms with van der Waals surface area (Å²) in [6.07, 6.45) is 3.29. The number of carbonyl (C=O) groups excluding carboxylic acids is 1. The monoisotopic (exact) mass is 272 g/mol. The summed E-state index contributed by atoms with van der Waals surface area (Å²) in [7, 11) is 0. The Morgan fingerprint density at radius 2 is 2.10 bits per heavy atom. The lowest BCUT2D eigenvalue weighted by Crippen LogP contribution is -2.21. The summed E-state index contributed by atoms with van der Waals surface area (Å²) in [5.74, 6) is 6.58. The Morgan fingerprint density at radius 3 is 2.80 bits per heavy atom. The van der Waals surface area contributed by atoms with E-state index < -0.39 is 5.82 Å². The summed E-state index contributed by atoms with van der Waals surface area (Å²) < 4.78 is 13.5. The van der Waals surface area contributed by atoms with Gasteiger partial charge in [0.2, 0.25) is 5.91 Å². The van der Waals surface area contributed by atoms with Crippen LogP contribution in [-0.4, -0.2) is 12.5 Å². The van der Waals surface area contributed by atoms with Crippen molar-refractivity contribution in [2.45, 2.75) is 19.3 Å². The lowest BCUT2D eigenvalue weighted by molar-refractivity contribution is -0.120. The molecule has 3 rings (SSSR count). The third kappa shape index (κ3) is 2.68. The molecule has 1 amide bonds. The lowest BCUT2D eigenvalue weighted by atomic mass is 10.0. The minimum absolute atomic E-state index is 0.0431. The van der Waals surface area contributed by atoms with Gasteiger partial charge in [-0.1, -0.05) is 11.8 Å². The average Bonchev–Trinajstić information content (AvgIpc) is 3.05. The van der Waals surface area contributed by atoms with E-state index in [0.717, 1.165) is 24.7 Å². The molecule has 104 valence electrons. The first-order valence-corrected chi connectivity index (χ1v) is 6.96. The van der Waals surface area contributed by atoms with Crippen LogP contribution >= 0.6 is 0 Å². The van der Waals surface area contributed by atoms with E-state index in [-0.39, 0.29) is 23.9 Å². The van der Waals surface area contributed by atoms with E-state index in [1.807, 2.05) is 0 Å². The molecule has 3 nitrogen and oxygen atoms in total. The molecule has 2 fully saturated rings. The second kappa shape index (κ2) is 5.26. The number of anilines is 1. The molecule has 0 radical (unpaired) electrons. The molecular formula is C16H17FN2O. The van der Waals surface area contributed by atoms with Crippen LogP contribution < -0.4 is 11.1 Å². The van der Waals surface area contributed by atoms with Gasteiger partial charge in [-0.3, -0.25) is 4.79 Å². The topological polar surface area (TPSA) is 55.1 Å². The van der Waals surface area contributed by atoms with Crippen molar-refractivity contribution in [2.75, 3.05) is 11.9 Å². The Kier molecular flexibility index (Phi) is 3.45. The standard InChI is InChI=1S/C16H17FN2O/c17-15-4-3-14(9-10(15)2-1-5-18)19-16(20)13-7-11-6-12(11)8-13/h3-4,9,11-13H,5-8,18H2,(H,19,20). The zero-order valence-corrected chi connectivity index (χ0v) is 11.2. The number of nitrogens with two attached hydrogens (primary N) is 1. The highest BCUT2D eigenvalue weighted by molar-refractivity contribution is 5.93. The highest BCUT2D eigenvalue weighted by Gasteiger charge is 2.47. The van der Waals surface area contributed by atoms with Crippen molar-refractivity contribution >= 4 is 11.6 Å². The lowest BCUT2D eigenvalue weighted by Gasteiger charge is -2.12. The van der Waals surface area contributed by atoms with Crippen LogP contribution in [0.5, 0.6) is 0 Å². The van der Waals surface area contributed by atoms with Crippen LogP contribution in [0.1, 0.15) is 24.8 Å². The van der Waals surface area contributed by atoms with Crippen LogP contribution in [0.15, 0.2) is 18.2 Å². The summed E-state index contributed by atoms with van der Waals surface area (Å²) in [4.78, 5) is 12.1. The van der Waals surface area contributed by atoms with E-state index >= 15 is 0 Å². The number of fused-ring (bicyclic) bond motifs is 1. The molecule has 4 heteroatoms. The average molecular weight is 272 g/mol. The van der Waals surface area contributed by atoms with Crippen molar-refractivity contribution < 1.29 is 9.18 Å². The van der Waals surface area contributed by atoms with E-state index in [2.05, 4.69) is 17.2 Å². The third-order valence-electron chi connectivity index (χ3n) is 4.17. The Labute approximate surface area is 117 Å². The third-order valence-corrected chi connectivity index (χ3v) is 4.17. The van der Waals surface area contributed by atoms with Crippen LogP contribution in [0, 0.1) is 35.4 Å². The van der Waals surface area contributed by atoms with Crippen molar-refractivity contribution in [3.05, 3.63) is 29.6 Å². The maximum absolute atomic E-state index is 13.5. The summed E-state index contributed by atoms with van der Waals surface area (Å²) in [5, 5.41) is 2.86. The van der Waals surface area contributed by atoms with Gasteiger partial charge in [0, 0.05) is 11.6 Å². The fraction of sp³-hybridized carbons (Fsp3) is 0.438. The van der Waals surface area contributed by atoms with Gasteiger partial charge in [0.25, 0.3) is 0 Å². The van der Waals surface area contributed by atoms with Crippen molar-refractivity contribution in [1.29, 1.82) is 0 Å². The normalized spacial score (nSPS) is 26.4. The quantitative estimate of drug-likeness (QED) is 0.810. The summed E-state index contributed by atoms with van der Waals surface area (Å²) >= 11 is 0. The fourth-order valence-electron chi connectivity index (χ4n) is 3.02. The molecule has 0 aromatic heterocycles. The molecule has 2 unspecified atom stereocenters. The number of amides is 1. The number of hydrogen-bond donors (Lipinski definition) is 2. The van der Waals surface area contributed by atoms with E-state index in [1.165, 1.54) is 12.5 Å². The van der Waals surface area contributed by atoms with Crippen LogP contribution in [0.3, 0.4) is 0 Å². The molecular weight excluding hydrogens is 255 g/mol. The smallest absolute Gasteiger partial charge is 0.227 e. The number of carbonyl (C=O) groups is 1. The second-order valence-corrected chi connectivity index (χ2v) is 5.61. The minimum Gasteiger partial charge on any atom is -0.326 e. The van der Waals surface area contributed by atoms with Gasteiger partial charge in [0.15, 0.2) is 0 Å². The van der Waals surface area contributed by atoms with Crippen molar-refractivity contribution in [1.82, 2.24) is 0 Å². The van der Waals surface area contributed by atoms with Crippen molar-refractivity contribution in [2.24, 2.45) is 23.5 Å². The molecule has 0 saturated heterocycles. The van der Waals surface area contributed by atoms with Gasteiger partial charge in [-0.2, -0.15) is 0 Å². The highest BCUT2D eigenvalue weighted by Crippen LogP contribution is 2.54.